The molecule has 0 unspecified atom stereocenters. The first-order chi connectivity index (χ1) is 19.2. The van der Waals surface area contributed by atoms with Crippen molar-refractivity contribution in [1.29, 1.82) is 0 Å². The van der Waals surface area contributed by atoms with E-state index in [1.54, 1.807) is 0 Å². The molecule has 4 aromatic rings. The minimum absolute atomic E-state index is 0.335. The molecule has 2 aliphatic rings. The predicted molar refractivity (Wildman–Crippen MR) is 179 cm³/mol. The molecule has 40 heavy (non-hydrogen) atoms. The normalized spacial score (nSPS) is 16.3. The van der Waals surface area contributed by atoms with E-state index in [1.165, 1.54) is 119 Å². The van der Waals surface area contributed by atoms with Crippen LogP contribution in [0.4, 0.5) is 0 Å². The van der Waals surface area contributed by atoms with Gasteiger partial charge in [0.05, 0.1) is 0 Å². The average Bonchev–Trinajstić information content (AvgIpc) is 3.55. The number of aryl methyl sites for hydroxylation is 6. The second-order valence-corrected chi connectivity index (χ2v) is 32.9. The van der Waals surface area contributed by atoms with Gasteiger partial charge in [-0.3, -0.25) is 0 Å². The van der Waals surface area contributed by atoms with Crippen LogP contribution in [0, 0.1) is 41.5 Å². The van der Waals surface area contributed by atoms with Gasteiger partial charge < -0.3 is 0 Å². The standard InChI is InChI=1S/C12H22Si.2C12H13.2ClH.Zr/c1-3-7-11(8-4-1)13-12-9-5-2-6-10-12;2*1-8-6-11-9(2)4-5-10(3)12(11)7-8;;;/h11-12H,1-10H2;2*4-7H,1-3H3;2*1H;/q;2*-1;;;+2/p-2. The summed E-state index contributed by atoms with van der Waals surface area (Å²) in [5, 5.41) is 5.64. The van der Waals surface area contributed by atoms with Crippen molar-refractivity contribution < 1.29 is 18.0 Å². The number of rotatable bonds is 2. The molecule has 0 aliphatic heterocycles. The van der Waals surface area contributed by atoms with Crippen molar-refractivity contribution in [2.24, 2.45) is 0 Å². The Hall–Kier alpha value is -0.660. The molecule has 0 bridgehead atoms. The molecular formula is C36H48Cl2SiZr-2. The third-order valence-corrected chi connectivity index (χ3v) is 29.6. The first-order valence-electron chi connectivity index (χ1n) is 15.5. The Morgan fingerprint density at radius 1 is 0.575 bits per heavy atom. The van der Waals surface area contributed by atoms with E-state index in [4.69, 9.17) is 17.0 Å². The van der Waals surface area contributed by atoms with Gasteiger partial charge in [-0.1, -0.05) is 51.0 Å². The van der Waals surface area contributed by atoms with Gasteiger partial charge in [-0.05, 0) is 13.8 Å². The molecule has 0 radical (unpaired) electrons. The van der Waals surface area contributed by atoms with Crippen LogP contribution in [-0.2, 0) is 18.0 Å². The van der Waals surface area contributed by atoms with E-state index in [0.29, 0.717) is 0 Å². The van der Waals surface area contributed by atoms with Gasteiger partial charge in [-0.2, -0.15) is 12.1 Å². The van der Waals surface area contributed by atoms with E-state index in [1.807, 2.05) is 0 Å². The first-order valence-corrected chi connectivity index (χ1v) is 27.1. The third-order valence-electron chi connectivity index (χ3n) is 9.24. The second kappa shape index (κ2) is 15.2. The fraction of sp³-hybridized carbons (Fsp3) is 0.500. The molecular weight excluding hydrogens is 623 g/mol. The molecule has 4 aromatic carbocycles. The number of hydrogen-bond donors (Lipinski definition) is 0. The van der Waals surface area contributed by atoms with Crippen LogP contribution in [0.3, 0.4) is 0 Å². The maximum atomic E-state index is 6.52. The van der Waals surface area contributed by atoms with E-state index in [-0.39, 0.29) is 5.43 Å². The van der Waals surface area contributed by atoms with E-state index in [9.17, 15) is 0 Å². The molecule has 0 aromatic heterocycles. The molecule has 4 heteroatoms. The summed E-state index contributed by atoms with van der Waals surface area (Å²) in [4.78, 5) is 0. The number of fused-ring (bicyclic) bond motifs is 2. The van der Waals surface area contributed by atoms with E-state index >= 15 is 0 Å². The van der Waals surface area contributed by atoms with Gasteiger partial charge in [0.25, 0.3) is 0 Å². The molecule has 216 valence electrons. The van der Waals surface area contributed by atoms with Crippen molar-refractivity contribution in [2.45, 2.75) is 117 Å². The molecule has 0 amide bonds. The van der Waals surface area contributed by atoms with E-state index < -0.39 is 18.0 Å². The molecule has 0 spiro atoms. The van der Waals surface area contributed by atoms with Crippen LogP contribution in [0.5, 0.6) is 0 Å². The molecule has 0 saturated heterocycles. The summed E-state index contributed by atoms with van der Waals surface area (Å²) in [6.07, 6.45) is 14.6. The van der Waals surface area contributed by atoms with Crippen molar-refractivity contribution >= 4 is 44.0 Å². The van der Waals surface area contributed by atoms with Crippen LogP contribution < -0.4 is 0 Å². The van der Waals surface area contributed by atoms with Gasteiger partial charge in [-0.15, -0.1) is 68.1 Å². The van der Waals surface area contributed by atoms with Crippen molar-refractivity contribution in [3.8, 4) is 0 Å². The van der Waals surface area contributed by atoms with Gasteiger partial charge >= 0.3 is 116 Å². The summed E-state index contributed by atoms with van der Waals surface area (Å²) in [7, 11) is 13.0. The zero-order valence-electron chi connectivity index (χ0n) is 25.6. The van der Waals surface area contributed by atoms with E-state index in [2.05, 4.69) is 90.1 Å². The Morgan fingerprint density at radius 3 is 1.25 bits per heavy atom. The van der Waals surface area contributed by atoms with Crippen LogP contribution in [-0.4, -0.2) is 5.43 Å². The third kappa shape index (κ3) is 8.24. The molecule has 0 atom stereocenters. The van der Waals surface area contributed by atoms with Crippen LogP contribution in [0.1, 0.15) is 97.6 Å². The summed E-state index contributed by atoms with van der Waals surface area (Å²) < 4.78 is 0. The SMILES string of the molecule is Cc1cc2c(C)ccc(C)c2[cH-]1.Cc1cc2c(C)ccc(C)c2[cH-]1.[Cl][Zr]([Cl])=[Si](C1CCCCC1)C1CCCCC1. The minimum atomic E-state index is -1.95. The van der Waals surface area contributed by atoms with Gasteiger partial charge in [0.1, 0.15) is 0 Å². The predicted octanol–water partition coefficient (Wildman–Crippen LogP) is 12.5. The maximum absolute atomic E-state index is 6.52. The fourth-order valence-corrected chi connectivity index (χ4v) is 30.0. The number of benzene rings is 2. The Morgan fingerprint density at radius 2 is 0.925 bits per heavy atom. The Kier molecular flexibility index (Phi) is 12.2. The zero-order valence-corrected chi connectivity index (χ0v) is 30.6. The molecule has 6 rings (SSSR count). The number of halogens is 2. The molecule has 2 aliphatic carbocycles. The average molecular weight is 671 g/mol. The van der Waals surface area contributed by atoms with Crippen molar-refractivity contribution in [3.05, 3.63) is 81.9 Å². The molecule has 2 saturated carbocycles. The summed E-state index contributed by atoms with van der Waals surface area (Å²) >= 11 is -1.95. The molecule has 0 N–H and O–H groups in total. The molecule has 0 nitrogen and oxygen atoms in total. The monoisotopic (exact) mass is 668 g/mol. The Balaban J connectivity index is 0.000000141. The van der Waals surface area contributed by atoms with Gasteiger partial charge in [0, 0.05) is 0 Å². The van der Waals surface area contributed by atoms with Crippen molar-refractivity contribution in [1.82, 2.24) is 0 Å². The summed E-state index contributed by atoms with van der Waals surface area (Å²) in [6.45, 7) is 13.0. The molecule has 0 heterocycles. The second-order valence-electron chi connectivity index (χ2n) is 12.5. The fourth-order valence-electron chi connectivity index (χ4n) is 6.94. The van der Waals surface area contributed by atoms with Crippen LogP contribution in [0.15, 0.2) is 48.5 Å². The first kappa shape index (κ1) is 32.3. The van der Waals surface area contributed by atoms with Crippen molar-refractivity contribution in [2.75, 3.05) is 0 Å². The zero-order chi connectivity index (χ0) is 28.8. The number of hydrogen-bond acceptors (Lipinski definition) is 0. The van der Waals surface area contributed by atoms with Gasteiger partial charge in [0.15, 0.2) is 0 Å². The van der Waals surface area contributed by atoms with Crippen LogP contribution in [0.2, 0.25) is 11.1 Å². The van der Waals surface area contributed by atoms with Gasteiger partial charge in [-0.25, -0.2) is 0 Å². The summed E-state index contributed by atoms with van der Waals surface area (Å²) in [6, 6.07) is 17.8. The Labute approximate surface area is 258 Å². The van der Waals surface area contributed by atoms with E-state index in [0.717, 1.165) is 11.1 Å². The quantitative estimate of drug-likeness (QED) is 0.147. The summed E-state index contributed by atoms with van der Waals surface area (Å²) in [5.41, 5.74) is 9.92. The van der Waals surface area contributed by atoms with Crippen LogP contribution >= 0.6 is 17.0 Å². The van der Waals surface area contributed by atoms with Crippen molar-refractivity contribution in [3.63, 3.8) is 0 Å². The molecule has 2 fully saturated rings. The van der Waals surface area contributed by atoms with Gasteiger partial charge in [0.2, 0.25) is 0 Å². The topological polar surface area (TPSA) is 0 Å². The van der Waals surface area contributed by atoms with Crippen LogP contribution in [0.25, 0.3) is 21.5 Å². The Bertz CT molecular complexity index is 1260. The summed E-state index contributed by atoms with van der Waals surface area (Å²) in [5.74, 6) is 0.